The van der Waals surface area contributed by atoms with Crippen molar-refractivity contribution in [1.29, 1.82) is 0 Å². The van der Waals surface area contributed by atoms with Gasteiger partial charge in [0.25, 0.3) is 5.91 Å². The average Bonchev–Trinajstić information content (AvgIpc) is 2.55. The van der Waals surface area contributed by atoms with Crippen LogP contribution < -0.4 is 5.32 Å². The lowest BCUT2D eigenvalue weighted by atomic mass is 10.00. The van der Waals surface area contributed by atoms with E-state index in [-0.39, 0.29) is 18.4 Å². The Balaban J connectivity index is 1.99. The molecule has 0 aliphatic heterocycles. The highest BCUT2D eigenvalue weighted by Crippen LogP contribution is 2.18. The number of hydrogen-bond acceptors (Lipinski definition) is 3. The molecule has 1 atom stereocenters. The highest BCUT2D eigenvalue weighted by Gasteiger charge is 2.15. The third-order valence-corrected chi connectivity index (χ3v) is 4.36. The third-order valence-electron chi connectivity index (χ3n) is 4.02. The van der Waals surface area contributed by atoms with E-state index in [1.54, 1.807) is 12.4 Å². The number of aromatic nitrogens is 1. The minimum Gasteiger partial charge on any atom is -0.396 e. The summed E-state index contributed by atoms with van der Waals surface area (Å²) >= 11 is 6.09. The highest BCUT2D eigenvalue weighted by atomic mass is 35.5. The first-order chi connectivity index (χ1) is 11.0. The van der Waals surface area contributed by atoms with Gasteiger partial charge in [-0.2, -0.15) is 0 Å². The van der Waals surface area contributed by atoms with Gasteiger partial charge in [0, 0.05) is 37.0 Å². The van der Waals surface area contributed by atoms with Crippen LogP contribution in [0.3, 0.4) is 0 Å². The van der Waals surface area contributed by atoms with Gasteiger partial charge in [-0.3, -0.25) is 9.78 Å². The first-order valence-corrected chi connectivity index (χ1v) is 7.94. The Kier molecular flexibility index (Phi) is 6.13. The van der Waals surface area contributed by atoms with E-state index in [2.05, 4.69) is 10.3 Å². The topological polar surface area (TPSA) is 62.2 Å². The van der Waals surface area contributed by atoms with Crippen LogP contribution in [0.1, 0.15) is 27.0 Å². The van der Waals surface area contributed by atoms with Crippen LogP contribution in [-0.2, 0) is 6.42 Å². The average molecular weight is 333 g/mol. The van der Waals surface area contributed by atoms with Crippen molar-refractivity contribution in [2.24, 2.45) is 5.92 Å². The molecular formula is C18H21ClN2O2. The number of pyridine rings is 1. The molecule has 0 fully saturated rings. The largest absolute Gasteiger partial charge is 0.396 e. The van der Waals surface area contributed by atoms with E-state index in [9.17, 15) is 9.90 Å². The number of amides is 1. The zero-order chi connectivity index (χ0) is 16.8. The number of nitrogens with one attached hydrogen (secondary N) is 1. The van der Waals surface area contributed by atoms with Crippen molar-refractivity contribution in [1.82, 2.24) is 10.3 Å². The lowest BCUT2D eigenvalue weighted by molar-refractivity contribution is 0.0939. The smallest absolute Gasteiger partial charge is 0.251 e. The van der Waals surface area contributed by atoms with Crippen molar-refractivity contribution in [2.75, 3.05) is 13.2 Å². The maximum atomic E-state index is 12.3. The second-order valence-corrected chi connectivity index (χ2v) is 6.08. The van der Waals surface area contributed by atoms with Gasteiger partial charge in [0.15, 0.2) is 0 Å². The maximum Gasteiger partial charge on any atom is 0.251 e. The van der Waals surface area contributed by atoms with Crippen LogP contribution in [0, 0.1) is 19.8 Å². The zero-order valence-electron chi connectivity index (χ0n) is 13.3. The van der Waals surface area contributed by atoms with Crippen LogP contribution in [0.4, 0.5) is 0 Å². The van der Waals surface area contributed by atoms with Gasteiger partial charge < -0.3 is 10.4 Å². The molecule has 23 heavy (non-hydrogen) atoms. The number of hydrogen-bond donors (Lipinski definition) is 2. The molecule has 122 valence electrons. The number of aryl methyl sites for hydroxylation is 1. The summed E-state index contributed by atoms with van der Waals surface area (Å²) in [5, 5.41) is 13.0. The summed E-state index contributed by atoms with van der Waals surface area (Å²) in [6.07, 6.45) is 3.84. The van der Waals surface area contributed by atoms with E-state index in [4.69, 9.17) is 11.6 Å². The van der Waals surface area contributed by atoms with Gasteiger partial charge in [0.05, 0.1) is 5.02 Å². The van der Waals surface area contributed by atoms with E-state index in [0.29, 0.717) is 23.6 Å². The molecule has 1 amide bonds. The van der Waals surface area contributed by atoms with Crippen LogP contribution in [0.5, 0.6) is 0 Å². The van der Waals surface area contributed by atoms with E-state index in [1.807, 2.05) is 38.1 Å². The zero-order valence-corrected chi connectivity index (χ0v) is 14.1. The van der Waals surface area contributed by atoms with Crippen LogP contribution >= 0.6 is 11.6 Å². The molecule has 0 spiro atoms. The third kappa shape index (κ3) is 4.53. The van der Waals surface area contributed by atoms with E-state index in [0.717, 1.165) is 16.7 Å². The van der Waals surface area contributed by atoms with Crippen molar-refractivity contribution in [2.45, 2.75) is 20.3 Å². The Labute approximate surface area is 141 Å². The van der Waals surface area contributed by atoms with Crippen LogP contribution in [0.2, 0.25) is 5.02 Å². The summed E-state index contributed by atoms with van der Waals surface area (Å²) in [6, 6.07) is 7.49. The summed E-state index contributed by atoms with van der Waals surface area (Å²) in [5.74, 6) is -0.213. The van der Waals surface area contributed by atoms with E-state index in [1.165, 1.54) is 0 Å². The summed E-state index contributed by atoms with van der Waals surface area (Å²) in [5.41, 5.74) is 3.65. The van der Waals surface area contributed by atoms with Crippen LogP contribution in [0.15, 0.2) is 36.7 Å². The fourth-order valence-electron chi connectivity index (χ4n) is 2.41. The molecule has 2 aromatic rings. The normalized spacial score (nSPS) is 12.0. The first kappa shape index (κ1) is 17.4. The van der Waals surface area contributed by atoms with Crippen molar-refractivity contribution in [3.05, 3.63) is 63.9 Å². The number of carbonyl (C=O) groups is 1. The number of nitrogens with zero attached hydrogens (tertiary/aromatic N) is 1. The molecule has 1 heterocycles. The lowest BCUT2D eigenvalue weighted by Gasteiger charge is -2.16. The fraction of sp³-hybridized carbons (Fsp3) is 0.333. The van der Waals surface area contributed by atoms with Gasteiger partial charge in [-0.25, -0.2) is 0 Å². The number of carbonyl (C=O) groups excluding carboxylic acids is 1. The van der Waals surface area contributed by atoms with Gasteiger partial charge in [0.2, 0.25) is 0 Å². The predicted molar refractivity (Wildman–Crippen MR) is 91.8 cm³/mol. The second kappa shape index (κ2) is 8.09. The Morgan fingerprint density at radius 3 is 2.83 bits per heavy atom. The molecule has 1 aromatic heterocycles. The molecule has 2 rings (SSSR count). The van der Waals surface area contributed by atoms with Gasteiger partial charge in [-0.15, -0.1) is 0 Å². The van der Waals surface area contributed by atoms with Crippen molar-refractivity contribution < 1.29 is 9.90 Å². The van der Waals surface area contributed by atoms with Gasteiger partial charge in [0.1, 0.15) is 0 Å². The highest BCUT2D eigenvalue weighted by molar-refractivity contribution is 6.31. The minimum atomic E-state index is -0.120. The number of aliphatic hydroxyl groups excluding tert-OH is 1. The maximum absolute atomic E-state index is 12.3. The van der Waals surface area contributed by atoms with E-state index >= 15 is 0 Å². The quantitative estimate of drug-likeness (QED) is 0.855. The standard InChI is InChI=1S/C18H21ClN2O2/c1-12-4-3-5-16(13(12)2)18(23)21-9-14(11-22)8-15-6-7-20-10-17(15)19/h3-7,10,14,22H,8-9,11H2,1-2H3,(H,21,23)/t14-/m1/s1. The minimum absolute atomic E-state index is 0.0221. The summed E-state index contributed by atoms with van der Waals surface area (Å²) in [6.45, 7) is 4.28. The number of benzene rings is 1. The Morgan fingerprint density at radius 1 is 1.35 bits per heavy atom. The van der Waals surface area contributed by atoms with Crippen molar-refractivity contribution >= 4 is 17.5 Å². The Bertz CT molecular complexity index is 688. The summed E-state index contributed by atoms with van der Waals surface area (Å²) in [4.78, 5) is 16.3. The molecule has 4 nitrogen and oxygen atoms in total. The fourth-order valence-corrected chi connectivity index (χ4v) is 2.61. The molecule has 0 radical (unpaired) electrons. The van der Waals surface area contributed by atoms with Crippen molar-refractivity contribution in [3.63, 3.8) is 0 Å². The van der Waals surface area contributed by atoms with Crippen molar-refractivity contribution in [3.8, 4) is 0 Å². The van der Waals surface area contributed by atoms with Crippen LogP contribution in [-0.4, -0.2) is 29.1 Å². The summed E-state index contributed by atoms with van der Waals surface area (Å²) < 4.78 is 0. The molecular weight excluding hydrogens is 312 g/mol. The number of halogens is 1. The molecule has 0 aliphatic rings. The Hall–Kier alpha value is -1.91. The molecule has 0 aliphatic carbocycles. The second-order valence-electron chi connectivity index (χ2n) is 5.68. The van der Waals surface area contributed by atoms with E-state index < -0.39 is 0 Å². The van der Waals surface area contributed by atoms with Gasteiger partial charge in [-0.05, 0) is 49.1 Å². The molecule has 2 N–H and O–H groups in total. The number of aliphatic hydroxyl groups is 1. The number of rotatable bonds is 6. The molecule has 1 aromatic carbocycles. The Morgan fingerprint density at radius 2 is 2.13 bits per heavy atom. The predicted octanol–water partition coefficient (Wildman–Crippen LogP) is 2.93. The van der Waals surface area contributed by atoms with Gasteiger partial charge >= 0.3 is 0 Å². The SMILES string of the molecule is Cc1cccc(C(=O)NC[C@H](CO)Cc2ccncc2Cl)c1C. The molecule has 0 saturated heterocycles. The molecule has 0 bridgehead atoms. The molecule has 0 saturated carbocycles. The monoisotopic (exact) mass is 332 g/mol. The molecule has 0 unspecified atom stereocenters. The van der Waals surface area contributed by atoms with Gasteiger partial charge in [-0.1, -0.05) is 23.7 Å². The molecule has 5 heteroatoms. The lowest BCUT2D eigenvalue weighted by Crippen LogP contribution is -2.32. The first-order valence-electron chi connectivity index (χ1n) is 7.56. The van der Waals surface area contributed by atoms with Crippen LogP contribution in [0.25, 0.3) is 0 Å². The summed E-state index contributed by atoms with van der Waals surface area (Å²) in [7, 11) is 0.